The third-order valence-electron chi connectivity index (χ3n) is 4.25. The van der Waals surface area contributed by atoms with Gasteiger partial charge in [0.15, 0.2) is 11.5 Å². The molecule has 0 N–H and O–H groups in total. The van der Waals surface area contributed by atoms with Crippen molar-refractivity contribution in [2.45, 2.75) is 26.4 Å². The molecule has 0 bridgehead atoms. The van der Waals surface area contributed by atoms with E-state index in [-0.39, 0.29) is 5.52 Å². The molecule has 3 aromatic heterocycles. The van der Waals surface area contributed by atoms with Gasteiger partial charge in [-0.1, -0.05) is 13.0 Å². The number of halogens is 3. The van der Waals surface area contributed by atoms with Crippen LogP contribution in [0.3, 0.4) is 0 Å². The van der Waals surface area contributed by atoms with Crippen LogP contribution in [0.15, 0.2) is 36.7 Å². The molecule has 0 unspecified atom stereocenters. The zero-order valence-electron chi connectivity index (χ0n) is 14.0. The lowest BCUT2D eigenvalue weighted by Crippen LogP contribution is -2.05. The molecule has 4 aromatic rings. The van der Waals surface area contributed by atoms with Crippen LogP contribution in [0, 0.1) is 6.92 Å². The Morgan fingerprint density at radius 2 is 1.88 bits per heavy atom. The van der Waals surface area contributed by atoms with Gasteiger partial charge in [0.2, 0.25) is 0 Å². The molecule has 0 aliphatic carbocycles. The molecule has 4 rings (SSSR count). The summed E-state index contributed by atoms with van der Waals surface area (Å²) in [5, 5.41) is 8.96. The van der Waals surface area contributed by atoms with Gasteiger partial charge in [-0.05, 0) is 37.1 Å². The van der Waals surface area contributed by atoms with Crippen molar-refractivity contribution >= 4 is 16.6 Å². The molecule has 0 radical (unpaired) electrons. The number of aromatic nitrogens is 5. The molecule has 0 fully saturated rings. The average Bonchev–Trinajstić information content (AvgIpc) is 3.02. The maximum atomic E-state index is 13.0. The Bertz CT molecular complexity index is 1130. The zero-order valence-corrected chi connectivity index (χ0v) is 14.0. The molecule has 132 valence electrons. The predicted molar refractivity (Wildman–Crippen MR) is 90.6 cm³/mol. The van der Waals surface area contributed by atoms with Crippen LogP contribution in [0.25, 0.3) is 28.1 Å². The topological polar surface area (TPSA) is 56.0 Å². The van der Waals surface area contributed by atoms with Crippen molar-refractivity contribution in [3.8, 4) is 11.5 Å². The highest BCUT2D eigenvalue weighted by molar-refractivity contribution is 5.83. The number of rotatable bonds is 2. The molecule has 0 atom stereocenters. The van der Waals surface area contributed by atoms with Crippen LogP contribution in [0.5, 0.6) is 0 Å². The summed E-state index contributed by atoms with van der Waals surface area (Å²) in [6.45, 7) is 3.81. The normalized spacial score (nSPS) is 12.2. The fraction of sp³-hybridized carbons (Fsp3) is 0.222. The number of fused-ring (bicyclic) bond motifs is 2. The third kappa shape index (κ3) is 2.67. The van der Waals surface area contributed by atoms with E-state index in [0.29, 0.717) is 29.0 Å². The largest absolute Gasteiger partial charge is 0.416 e. The molecule has 5 nitrogen and oxygen atoms in total. The minimum Gasteiger partial charge on any atom is -0.264 e. The van der Waals surface area contributed by atoms with Crippen LogP contribution in [-0.2, 0) is 12.6 Å². The lowest BCUT2D eigenvalue weighted by atomic mass is 10.0. The molecule has 0 spiro atoms. The van der Waals surface area contributed by atoms with Crippen molar-refractivity contribution < 1.29 is 13.2 Å². The Hall–Kier alpha value is -3.03. The van der Waals surface area contributed by atoms with E-state index in [1.165, 1.54) is 6.07 Å². The highest BCUT2D eigenvalue weighted by atomic mass is 19.4. The summed E-state index contributed by atoms with van der Waals surface area (Å²) in [5.74, 6) is 0.462. The number of benzene rings is 1. The summed E-state index contributed by atoms with van der Waals surface area (Å²) in [6.07, 6.45) is -2.16. The first kappa shape index (κ1) is 16.4. The molecular weight excluding hydrogens is 343 g/mol. The summed E-state index contributed by atoms with van der Waals surface area (Å²) < 4.78 is 40.7. The van der Waals surface area contributed by atoms with Crippen molar-refractivity contribution in [2.24, 2.45) is 0 Å². The Balaban J connectivity index is 1.97. The zero-order chi connectivity index (χ0) is 18.5. The van der Waals surface area contributed by atoms with Crippen LogP contribution < -0.4 is 0 Å². The fourth-order valence-electron chi connectivity index (χ4n) is 2.90. The molecule has 0 aliphatic rings. The maximum Gasteiger partial charge on any atom is 0.416 e. The standard InChI is InChI=1S/C18H14F3N5/c1-3-11-7-12-4-5-13(18(19,20)21)8-14(12)23-16(11)17-25-24-15-6-10(2)22-9-26(15)17/h4-9H,3H2,1-2H3. The highest BCUT2D eigenvalue weighted by Gasteiger charge is 2.30. The lowest BCUT2D eigenvalue weighted by Gasteiger charge is -2.11. The van der Waals surface area contributed by atoms with E-state index in [1.54, 1.807) is 16.8 Å². The van der Waals surface area contributed by atoms with Crippen LogP contribution in [0.2, 0.25) is 0 Å². The Morgan fingerprint density at radius 1 is 1.08 bits per heavy atom. The quantitative estimate of drug-likeness (QED) is 0.539. The van der Waals surface area contributed by atoms with E-state index < -0.39 is 11.7 Å². The van der Waals surface area contributed by atoms with Gasteiger partial charge in [-0.3, -0.25) is 4.40 Å². The molecule has 0 saturated carbocycles. The number of aryl methyl sites for hydroxylation is 2. The van der Waals surface area contributed by atoms with Crippen LogP contribution >= 0.6 is 0 Å². The molecule has 1 aromatic carbocycles. The molecular formula is C18H14F3N5. The highest BCUT2D eigenvalue weighted by Crippen LogP contribution is 2.32. The van der Waals surface area contributed by atoms with E-state index in [0.717, 1.165) is 23.4 Å². The number of hydrogen-bond donors (Lipinski definition) is 0. The summed E-state index contributed by atoms with van der Waals surface area (Å²) in [7, 11) is 0. The minimum atomic E-state index is -4.41. The monoisotopic (exact) mass is 357 g/mol. The van der Waals surface area contributed by atoms with Gasteiger partial charge in [-0.15, -0.1) is 10.2 Å². The summed E-state index contributed by atoms with van der Waals surface area (Å²) in [5.41, 5.74) is 2.35. The van der Waals surface area contributed by atoms with Gasteiger partial charge in [0.05, 0.1) is 11.1 Å². The first-order chi connectivity index (χ1) is 12.4. The second kappa shape index (κ2) is 5.76. The van der Waals surface area contributed by atoms with E-state index in [1.807, 2.05) is 19.9 Å². The van der Waals surface area contributed by atoms with Gasteiger partial charge >= 0.3 is 6.18 Å². The minimum absolute atomic E-state index is 0.267. The predicted octanol–water partition coefficient (Wildman–Crippen LogP) is 4.23. The molecule has 0 aliphatic heterocycles. The first-order valence-corrected chi connectivity index (χ1v) is 8.05. The number of alkyl halides is 3. The molecule has 8 heteroatoms. The maximum absolute atomic E-state index is 13.0. The van der Waals surface area contributed by atoms with Gasteiger partial charge in [0, 0.05) is 17.1 Å². The van der Waals surface area contributed by atoms with E-state index in [2.05, 4.69) is 20.2 Å². The number of pyridine rings is 1. The van der Waals surface area contributed by atoms with Gasteiger partial charge in [-0.2, -0.15) is 13.2 Å². The lowest BCUT2D eigenvalue weighted by molar-refractivity contribution is -0.137. The number of hydrogen-bond acceptors (Lipinski definition) is 4. The van der Waals surface area contributed by atoms with Gasteiger partial charge in [-0.25, -0.2) is 9.97 Å². The Labute approximate surface area is 146 Å². The summed E-state index contributed by atoms with van der Waals surface area (Å²) in [4.78, 5) is 8.72. The summed E-state index contributed by atoms with van der Waals surface area (Å²) in [6, 6.07) is 7.21. The van der Waals surface area contributed by atoms with Gasteiger partial charge < -0.3 is 0 Å². The molecule has 26 heavy (non-hydrogen) atoms. The summed E-state index contributed by atoms with van der Waals surface area (Å²) >= 11 is 0. The Kier molecular flexibility index (Phi) is 3.64. The van der Waals surface area contributed by atoms with E-state index in [9.17, 15) is 13.2 Å². The van der Waals surface area contributed by atoms with Crippen molar-refractivity contribution in [1.29, 1.82) is 0 Å². The van der Waals surface area contributed by atoms with Crippen LogP contribution in [-0.4, -0.2) is 24.6 Å². The first-order valence-electron chi connectivity index (χ1n) is 8.05. The second-order valence-electron chi connectivity index (χ2n) is 6.04. The third-order valence-corrected chi connectivity index (χ3v) is 4.25. The van der Waals surface area contributed by atoms with Gasteiger partial charge in [0.1, 0.15) is 12.0 Å². The van der Waals surface area contributed by atoms with Crippen LogP contribution in [0.1, 0.15) is 23.7 Å². The van der Waals surface area contributed by atoms with E-state index in [4.69, 9.17) is 0 Å². The SMILES string of the molecule is CCc1cc2ccc(C(F)(F)F)cc2nc1-c1nnc2cc(C)ncn12. The smallest absolute Gasteiger partial charge is 0.264 e. The fourth-order valence-corrected chi connectivity index (χ4v) is 2.90. The molecule has 0 saturated heterocycles. The van der Waals surface area contributed by atoms with Crippen molar-refractivity contribution in [1.82, 2.24) is 24.6 Å². The van der Waals surface area contributed by atoms with Crippen molar-refractivity contribution in [2.75, 3.05) is 0 Å². The second-order valence-corrected chi connectivity index (χ2v) is 6.04. The van der Waals surface area contributed by atoms with Crippen molar-refractivity contribution in [3.63, 3.8) is 0 Å². The average molecular weight is 357 g/mol. The number of nitrogens with zero attached hydrogens (tertiary/aromatic N) is 5. The Morgan fingerprint density at radius 3 is 2.62 bits per heavy atom. The van der Waals surface area contributed by atoms with Gasteiger partial charge in [0.25, 0.3) is 0 Å². The molecule has 3 heterocycles. The molecule has 0 amide bonds. The van der Waals surface area contributed by atoms with Crippen molar-refractivity contribution in [3.05, 3.63) is 53.5 Å². The van der Waals surface area contributed by atoms with Crippen LogP contribution in [0.4, 0.5) is 13.2 Å². The van der Waals surface area contributed by atoms with E-state index >= 15 is 0 Å².